The molecular weight excluding hydrogens is 256 g/mol. The fourth-order valence-electron chi connectivity index (χ4n) is 7.63. The molecule has 1 nitrogen and oxygen atoms in total. The summed E-state index contributed by atoms with van der Waals surface area (Å²) < 4.78 is 5.90. The van der Waals surface area contributed by atoms with E-state index < -0.39 is 0 Å². The van der Waals surface area contributed by atoms with E-state index in [2.05, 4.69) is 13.8 Å². The Morgan fingerprint density at radius 1 is 0.762 bits per heavy atom. The molecule has 1 heteroatoms. The highest BCUT2D eigenvalue weighted by Crippen LogP contribution is 2.66. The van der Waals surface area contributed by atoms with Crippen LogP contribution in [-0.2, 0) is 4.74 Å². The van der Waals surface area contributed by atoms with E-state index in [4.69, 9.17) is 4.74 Å². The molecule has 0 saturated heterocycles. The summed E-state index contributed by atoms with van der Waals surface area (Å²) >= 11 is 0. The fourth-order valence-corrected chi connectivity index (χ4v) is 7.63. The van der Waals surface area contributed by atoms with Gasteiger partial charge in [-0.2, -0.15) is 0 Å². The van der Waals surface area contributed by atoms with Crippen molar-refractivity contribution in [2.75, 3.05) is 7.11 Å². The first kappa shape index (κ1) is 14.5. The number of rotatable bonds is 1. The third-order valence-corrected chi connectivity index (χ3v) is 8.78. The van der Waals surface area contributed by atoms with Crippen molar-refractivity contribution in [3.8, 4) is 0 Å². The Bertz CT molecular complexity index is 405. The second-order valence-corrected chi connectivity index (χ2v) is 9.25. The fraction of sp³-hybridized carbons (Fsp3) is 1.00. The van der Waals surface area contributed by atoms with Crippen molar-refractivity contribution in [3.63, 3.8) is 0 Å². The molecule has 0 N–H and O–H groups in total. The van der Waals surface area contributed by atoms with Crippen molar-refractivity contribution < 1.29 is 4.74 Å². The maximum absolute atomic E-state index is 5.90. The highest BCUT2D eigenvalue weighted by Gasteiger charge is 2.59. The van der Waals surface area contributed by atoms with Gasteiger partial charge in [0.2, 0.25) is 0 Å². The largest absolute Gasteiger partial charge is 0.381 e. The van der Waals surface area contributed by atoms with E-state index in [1.807, 2.05) is 7.11 Å². The molecule has 21 heavy (non-hydrogen) atoms. The highest BCUT2D eigenvalue weighted by atomic mass is 16.5. The van der Waals surface area contributed by atoms with Crippen LogP contribution < -0.4 is 0 Å². The molecule has 0 aliphatic heterocycles. The lowest BCUT2D eigenvalue weighted by molar-refractivity contribution is -0.125. The second kappa shape index (κ2) is 4.98. The molecule has 4 rings (SSSR count). The summed E-state index contributed by atoms with van der Waals surface area (Å²) in [5, 5.41) is 0. The Labute approximate surface area is 131 Å². The Morgan fingerprint density at radius 3 is 2.38 bits per heavy atom. The zero-order chi connectivity index (χ0) is 14.7. The van der Waals surface area contributed by atoms with Gasteiger partial charge in [0.15, 0.2) is 0 Å². The van der Waals surface area contributed by atoms with E-state index in [9.17, 15) is 0 Å². The van der Waals surface area contributed by atoms with Gasteiger partial charge in [-0.15, -0.1) is 0 Å². The smallest absolute Gasteiger partial charge is 0.0627 e. The van der Waals surface area contributed by atoms with Gasteiger partial charge >= 0.3 is 0 Å². The van der Waals surface area contributed by atoms with Gasteiger partial charge in [0.25, 0.3) is 0 Å². The first-order valence-electron chi connectivity index (χ1n) is 9.62. The van der Waals surface area contributed by atoms with Gasteiger partial charge in [-0.25, -0.2) is 0 Å². The zero-order valence-corrected chi connectivity index (χ0v) is 14.4. The van der Waals surface area contributed by atoms with Crippen LogP contribution in [0.1, 0.15) is 78.1 Å². The summed E-state index contributed by atoms with van der Waals surface area (Å²) in [6.07, 6.45) is 15.3. The summed E-state index contributed by atoms with van der Waals surface area (Å²) in [7, 11) is 1.95. The third kappa shape index (κ3) is 1.92. The van der Waals surface area contributed by atoms with Gasteiger partial charge in [0, 0.05) is 7.11 Å². The van der Waals surface area contributed by atoms with E-state index in [-0.39, 0.29) is 0 Å². The van der Waals surface area contributed by atoms with Crippen LogP contribution in [0.25, 0.3) is 0 Å². The number of hydrogen-bond acceptors (Lipinski definition) is 1. The lowest BCUT2D eigenvalue weighted by atomic mass is 9.45. The van der Waals surface area contributed by atoms with Crippen molar-refractivity contribution >= 4 is 0 Å². The molecule has 0 spiro atoms. The molecule has 0 aromatic carbocycles. The molecular formula is C20H34O. The van der Waals surface area contributed by atoms with Crippen molar-refractivity contribution in [2.24, 2.45) is 34.5 Å². The van der Waals surface area contributed by atoms with E-state index in [0.29, 0.717) is 16.9 Å². The molecule has 120 valence electrons. The molecule has 0 heterocycles. The molecule has 0 aromatic heterocycles. The summed E-state index contributed by atoms with van der Waals surface area (Å²) in [6.45, 7) is 5.24. The monoisotopic (exact) mass is 290 g/mol. The van der Waals surface area contributed by atoms with Crippen molar-refractivity contribution in [1.82, 2.24) is 0 Å². The van der Waals surface area contributed by atoms with Gasteiger partial charge < -0.3 is 4.74 Å². The summed E-state index contributed by atoms with van der Waals surface area (Å²) in [5.41, 5.74) is 1.18. The van der Waals surface area contributed by atoms with Crippen molar-refractivity contribution in [3.05, 3.63) is 0 Å². The van der Waals surface area contributed by atoms with E-state index in [1.165, 1.54) is 64.2 Å². The molecule has 0 radical (unpaired) electrons. The third-order valence-electron chi connectivity index (χ3n) is 8.78. The minimum absolute atomic E-state index is 0.494. The molecule has 4 aliphatic rings. The molecule has 7 atom stereocenters. The number of fused-ring (bicyclic) bond motifs is 5. The van der Waals surface area contributed by atoms with Crippen LogP contribution in [0.5, 0.6) is 0 Å². The van der Waals surface area contributed by atoms with Crippen LogP contribution in [0.15, 0.2) is 0 Å². The molecule has 0 bridgehead atoms. The predicted molar refractivity (Wildman–Crippen MR) is 87.1 cm³/mol. The molecule has 4 fully saturated rings. The lowest BCUT2D eigenvalue weighted by Gasteiger charge is -2.60. The van der Waals surface area contributed by atoms with Gasteiger partial charge in [-0.3, -0.25) is 0 Å². The minimum Gasteiger partial charge on any atom is -0.381 e. The highest BCUT2D eigenvalue weighted by molar-refractivity contribution is 5.09. The first-order valence-corrected chi connectivity index (χ1v) is 9.62. The van der Waals surface area contributed by atoms with Crippen LogP contribution in [0, 0.1) is 34.5 Å². The zero-order valence-electron chi connectivity index (χ0n) is 14.4. The maximum Gasteiger partial charge on any atom is 0.0627 e. The Morgan fingerprint density at radius 2 is 1.57 bits per heavy atom. The Balaban J connectivity index is 1.62. The quantitative estimate of drug-likeness (QED) is 0.625. The molecule has 0 amide bonds. The van der Waals surface area contributed by atoms with E-state index in [0.717, 1.165) is 23.7 Å². The average molecular weight is 290 g/mol. The average Bonchev–Trinajstić information content (AvgIpc) is 2.83. The molecule has 0 aromatic rings. The van der Waals surface area contributed by atoms with Crippen molar-refractivity contribution in [1.29, 1.82) is 0 Å². The molecule has 4 aliphatic carbocycles. The van der Waals surface area contributed by atoms with Crippen LogP contribution in [-0.4, -0.2) is 13.2 Å². The molecule has 4 saturated carbocycles. The van der Waals surface area contributed by atoms with Crippen LogP contribution in [0.4, 0.5) is 0 Å². The van der Waals surface area contributed by atoms with Gasteiger partial charge in [-0.1, -0.05) is 26.7 Å². The van der Waals surface area contributed by atoms with E-state index in [1.54, 1.807) is 0 Å². The lowest BCUT2D eigenvalue weighted by Crippen LogP contribution is -2.53. The minimum atomic E-state index is 0.494. The normalized spacial score (nSPS) is 56.4. The Kier molecular flexibility index (Phi) is 3.45. The number of methoxy groups -OCH3 is 1. The summed E-state index contributed by atoms with van der Waals surface area (Å²) in [6, 6.07) is 0. The van der Waals surface area contributed by atoms with Gasteiger partial charge in [0.1, 0.15) is 0 Å². The molecule has 0 unspecified atom stereocenters. The SMILES string of the molecule is CO[C@H]1CC[C@H]2[C@@H]3CC[C@@H]4CCCC[C@]4(C)[C@H]3CC[C@]12C. The van der Waals surface area contributed by atoms with E-state index >= 15 is 0 Å². The van der Waals surface area contributed by atoms with Crippen LogP contribution >= 0.6 is 0 Å². The summed E-state index contributed by atoms with van der Waals surface area (Å²) in [5.74, 6) is 4.06. The van der Waals surface area contributed by atoms with Gasteiger partial charge in [-0.05, 0) is 85.9 Å². The predicted octanol–water partition coefficient (Wildman–Crippen LogP) is 5.43. The second-order valence-electron chi connectivity index (χ2n) is 9.25. The first-order chi connectivity index (χ1) is 10.1. The maximum atomic E-state index is 5.90. The number of ether oxygens (including phenoxy) is 1. The van der Waals surface area contributed by atoms with Gasteiger partial charge in [0.05, 0.1) is 6.10 Å². The van der Waals surface area contributed by atoms with Crippen LogP contribution in [0.2, 0.25) is 0 Å². The summed E-state index contributed by atoms with van der Waals surface area (Å²) in [4.78, 5) is 0. The van der Waals surface area contributed by atoms with Crippen LogP contribution in [0.3, 0.4) is 0 Å². The standard InChI is InChI=1S/C20H34O/c1-19-12-5-4-6-14(19)7-8-15-16-9-10-18(21-3)20(16,2)13-11-17(15)19/h14-18H,4-13H2,1-3H3/t14-,15-,16-,17-,18-,19-,20-/m0/s1. The number of hydrogen-bond donors (Lipinski definition) is 0. The van der Waals surface area contributed by atoms with Crippen molar-refractivity contribution in [2.45, 2.75) is 84.2 Å². The topological polar surface area (TPSA) is 9.23 Å². The Hall–Kier alpha value is -0.0400.